The van der Waals surface area contributed by atoms with Crippen LogP contribution < -0.4 is 10.1 Å². The van der Waals surface area contributed by atoms with E-state index < -0.39 is 23.3 Å². The van der Waals surface area contributed by atoms with Gasteiger partial charge in [-0.3, -0.25) is 4.79 Å². The van der Waals surface area contributed by atoms with Gasteiger partial charge in [0.1, 0.15) is 17.4 Å². The third-order valence-corrected chi connectivity index (χ3v) is 3.27. The Morgan fingerprint density at radius 3 is 2.36 bits per heavy atom. The fourth-order valence-electron chi connectivity index (χ4n) is 2.04. The molecular weight excluding hydrogens is 333 g/mol. The Hall–Kier alpha value is -3.27. The normalized spacial score (nSPS) is 11.6. The highest BCUT2D eigenvalue weighted by molar-refractivity contribution is 6.10. The van der Waals surface area contributed by atoms with Gasteiger partial charge in [-0.2, -0.15) is 18.4 Å². The van der Waals surface area contributed by atoms with Crippen LogP contribution in [0.25, 0.3) is 6.08 Å². The first-order valence-electron chi connectivity index (χ1n) is 7.08. The Morgan fingerprint density at radius 1 is 1.16 bits per heavy atom. The average molecular weight is 346 g/mol. The van der Waals surface area contributed by atoms with Gasteiger partial charge in [-0.05, 0) is 35.9 Å². The maximum absolute atomic E-state index is 13.0. The second-order valence-corrected chi connectivity index (χ2v) is 4.94. The second kappa shape index (κ2) is 7.53. The molecule has 0 spiro atoms. The minimum absolute atomic E-state index is 0.317. The van der Waals surface area contributed by atoms with Gasteiger partial charge < -0.3 is 10.1 Å². The summed E-state index contributed by atoms with van der Waals surface area (Å²) in [5.41, 5.74) is -1.17. The van der Waals surface area contributed by atoms with Crippen molar-refractivity contribution in [3.8, 4) is 11.8 Å². The van der Waals surface area contributed by atoms with Crippen LogP contribution in [0.4, 0.5) is 18.9 Å². The number of anilines is 1. The molecule has 0 radical (unpaired) electrons. The Bertz CT molecular complexity index is 835. The van der Waals surface area contributed by atoms with E-state index in [1.54, 1.807) is 30.3 Å². The number of carbonyl (C=O) groups is 1. The van der Waals surface area contributed by atoms with Crippen molar-refractivity contribution in [2.45, 2.75) is 6.18 Å². The van der Waals surface area contributed by atoms with Gasteiger partial charge in [0.05, 0.1) is 18.4 Å². The van der Waals surface area contributed by atoms with Gasteiger partial charge >= 0.3 is 6.18 Å². The number of amides is 1. The van der Waals surface area contributed by atoms with Crippen LogP contribution >= 0.6 is 0 Å². The number of carbonyl (C=O) groups excluding carboxylic acids is 1. The number of hydrogen-bond donors (Lipinski definition) is 1. The molecule has 1 N–H and O–H groups in total. The van der Waals surface area contributed by atoms with Crippen LogP contribution in [0.5, 0.6) is 5.75 Å². The maximum atomic E-state index is 13.0. The topological polar surface area (TPSA) is 62.1 Å². The summed E-state index contributed by atoms with van der Waals surface area (Å²) < 4.78 is 43.9. The van der Waals surface area contributed by atoms with Crippen molar-refractivity contribution in [2.24, 2.45) is 0 Å². The van der Waals surface area contributed by atoms with Crippen LogP contribution in [0, 0.1) is 11.3 Å². The third-order valence-electron chi connectivity index (χ3n) is 3.27. The molecule has 0 fully saturated rings. The lowest BCUT2D eigenvalue weighted by Crippen LogP contribution is -2.17. The van der Waals surface area contributed by atoms with Crippen LogP contribution in [0.2, 0.25) is 0 Å². The highest BCUT2D eigenvalue weighted by Crippen LogP contribution is 2.34. The number of nitriles is 1. The molecule has 2 rings (SSSR count). The first-order valence-corrected chi connectivity index (χ1v) is 7.08. The van der Waals surface area contributed by atoms with Crippen LogP contribution in [0.1, 0.15) is 11.1 Å². The van der Waals surface area contributed by atoms with Crippen molar-refractivity contribution in [1.29, 1.82) is 5.26 Å². The van der Waals surface area contributed by atoms with Crippen molar-refractivity contribution in [1.82, 2.24) is 0 Å². The van der Waals surface area contributed by atoms with E-state index in [1.165, 1.54) is 25.3 Å². The Balaban J connectivity index is 2.27. The molecule has 4 nitrogen and oxygen atoms in total. The number of nitrogens with one attached hydrogen (secondary N) is 1. The molecule has 0 saturated heterocycles. The summed E-state index contributed by atoms with van der Waals surface area (Å²) in [6.07, 6.45) is -3.33. The molecule has 0 aliphatic heterocycles. The number of benzene rings is 2. The molecule has 0 heterocycles. The minimum Gasteiger partial charge on any atom is -0.497 e. The smallest absolute Gasteiger partial charge is 0.418 e. The summed E-state index contributed by atoms with van der Waals surface area (Å²) in [4.78, 5) is 12.2. The Kier molecular flexibility index (Phi) is 5.45. The fourth-order valence-corrected chi connectivity index (χ4v) is 2.04. The predicted octanol–water partition coefficient (Wildman–Crippen LogP) is 4.26. The molecule has 0 aromatic heterocycles. The number of rotatable bonds is 4. The largest absolute Gasteiger partial charge is 0.497 e. The molecule has 0 aliphatic rings. The SMILES string of the molecule is COc1ccc(C=C(C#N)C(=O)Nc2ccccc2C(F)(F)F)cc1. The second-order valence-electron chi connectivity index (χ2n) is 4.94. The monoisotopic (exact) mass is 346 g/mol. The lowest BCUT2D eigenvalue weighted by molar-refractivity contribution is -0.137. The fraction of sp³-hybridized carbons (Fsp3) is 0.111. The molecule has 7 heteroatoms. The van der Waals surface area contributed by atoms with Gasteiger partial charge in [-0.25, -0.2) is 0 Å². The van der Waals surface area contributed by atoms with E-state index in [1.807, 2.05) is 0 Å². The van der Waals surface area contributed by atoms with Crippen LogP contribution in [-0.4, -0.2) is 13.0 Å². The van der Waals surface area contributed by atoms with Crippen molar-refractivity contribution >= 4 is 17.7 Å². The van der Waals surface area contributed by atoms with Crippen molar-refractivity contribution in [3.05, 3.63) is 65.2 Å². The van der Waals surface area contributed by atoms with Gasteiger partial charge in [0.15, 0.2) is 0 Å². The summed E-state index contributed by atoms with van der Waals surface area (Å²) in [6.45, 7) is 0. The van der Waals surface area contributed by atoms with E-state index in [2.05, 4.69) is 5.32 Å². The quantitative estimate of drug-likeness (QED) is 0.665. The summed E-state index contributed by atoms with van der Waals surface area (Å²) >= 11 is 0. The number of halogens is 3. The van der Waals surface area contributed by atoms with E-state index in [0.717, 1.165) is 12.1 Å². The Morgan fingerprint density at radius 2 is 1.80 bits per heavy atom. The summed E-state index contributed by atoms with van der Waals surface area (Å²) in [5.74, 6) is -0.325. The molecule has 0 aliphatic carbocycles. The number of ether oxygens (including phenoxy) is 1. The lowest BCUT2D eigenvalue weighted by Gasteiger charge is -2.13. The van der Waals surface area contributed by atoms with Gasteiger partial charge in [0.2, 0.25) is 0 Å². The van der Waals surface area contributed by atoms with E-state index in [-0.39, 0.29) is 5.57 Å². The zero-order valence-corrected chi connectivity index (χ0v) is 13.1. The Labute approximate surface area is 142 Å². The van der Waals surface area contributed by atoms with Gasteiger partial charge in [0, 0.05) is 0 Å². The first-order chi connectivity index (χ1) is 11.8. The number of nitrogens with zero attached hydrogens (tertiary/aromatic N) is 1. The molecular formula is C18H13F3N2O2. The molecule has 128 valence electrons. The number of methoxy groups -OCH3 is 1. The molecule has 1 amide bonds. The first kappa shape index (κ1) is 18.1. The molecule has 0 saturated carbocycles. The van der Waals surface area contributed by atoms with Gasteiger partial charge in [0.25, 0.3) is 5.91 Å². The zero-order chi connectivity index (χ0) is 18.4. The van der Waals surface area contributed by atoms with Crippen molar-refractivity contribution < 1.29 is 22.7 Å². The van der Waals surface area contributed by atoms with E-state index in [0.29, 0.717) is 11.3 Å². The molecule has 2 aromatic carbocycles. The molecule has 25 heavy (non-hydrogen) atoms. The van der Waals surface area contributed by atoms with E-state index >= 15 is 0 Å². The van der Waals surface area contributed by atoms with Gasteiger partial charge in [-0.15, -0.1) is 0 Å². The molecule has 2 aromatic rings. The van der Waals surface area contributed by atoms with Crippen LogP contribution in [0.3, 0.4) is 0 Å². The summed E-state index contributed by atoms with van der Waals surface area (Å²) in [5, 5.41) is 11.3. The third kappa shape index (κ3) is 4.61. The molecule has 0 bridgehead atoms. The maximum Gasteiger partial charge on any atom is 0.418 e. The molecule has 0 atom stereocenters. The molecule has 0 unspecified atom stereocenters. The summed E-state index contributed by atoms with van der Waals surface area (Å²) in [6, 6.07) is 12.8. The van der Waals surface area contributed by atoms with Crippen molar-refractivity contribution in [2.75, 3.05) is 12.4 Å². The highest BCUT2D eigenvalue weighted by atomic mass is 19.4. The number of alkyl halides is 3. The summed E-state index contributed by atoms with van der Waals surface area (Å²) in [7, 11) is 1.50. The predicted molar refractivity (Wildman–Crippen MR) is 86.7 cm³/mol. The standard InChI is InChI=1S/C18H13F3N2O2/c1-25-14-8-6-12(7-9-14)10-13(11-22)17(24)23-16-5-3-2-4-15(16)18(19,20)21/h2-10H,1H3,(H,23,24). The zero-order valence-electron chi connectivity index (χ0n) is 13.1. The van der Waals surface area contributed by atoms with E-state index in [9.17, 15) is 18.0 Å². The lowest BCUT2D eigenvalue weighted by atomic mass is 10.1. The minimum atomic E-state index is -4.61. The number of hydrogen-bond acceptors (Lipinski definition) is 3. The average Bonchev–Trinajstić information content (AvgIpc) is 2.59. The van der Waals surface area contributed by atoms with Gasteiger partial charge in [-0.1, -0.05) is 24.3 Å². The highest BCUT2D eigenvalue weighted by Gasteiger charge is 2.33. The van der Waals surface area contributed by atoms with Crippen molar-refractivity contribution in [3.63, 3.8) is 0 Å². The van der Waals surface area contributed by atoms with Crippen LogP contribution in [-0.2, 0) is 11.0 Å². The van der Waals surface area contributed by atoms with E-state index in [4.69, 9.17) is 10.00 Å². The van der Waals surface area contributed by atoms with Crippen LogP contribution in [0.15, 0.2) is 54.1 Å². The number of para-hydroxylation sites is 1.